The Morgan fingerprint density at radius 2 is 2.06 bits per heavy atom. The number of anilines is 2. The molecule has 1 saturated heterocycles. The second-order valence-electron chi connectivity index (χ2n) is 4.60. The molecule has 0 aromatic carbocycles. The standard InChI is InChI=1S/C10H14N5O/c1-14-8(16)2-7(11)13-10(14)15-3-5-6(4-15)9(5)12/h5-6,9H,3-4,11-12H2,1H3. The molecule has 16 heavy (non-hydrogen) atoms. The summed E-state index contributed by atoms with van der Waals surface area (Å²) in [5.74, 6) is 1.90. The van der Waals surface area contributed by atoms with E-state index in [1.54, 1.807) is 7.05 Å². The number of aromatic nitrogens is 2. The van der Waals surface area contributed by atoms with Crippen LogP contribution in [0, 0.1) is 17.9 Å². The molecular formula is C10H14N5O. The lowest BCUT2D eigenvalue weighted by Gasteiger charge is -2.22. The molecule has 4 N–H and O–H groups in total. The molecular weight excluding hydrogens is 206 g/mol. The zero-order chi connectivity index (χ0) is 11.4. The Morgan fingerprint density at radius 3 is 2.69 bits per heavy atom. The molecule has 1 aromatic heterocycles. The lowest BCUT2D eigenvalue weighted by molar-refractivity contribution is 0.690. The third-order valence-corrected chi connectivity index (χ3v) is 3.60. The van der Waals surface area contributed by atoms with Gasteiger partial charge in [-0.1, -0.05) is 0 Å². The Bertz CT molecular complexity index is 484. The van der Waals surface area contributed by atoms with Crippen molar-refractivity contribution in [2.24, 2.45) is 24.6 Å². The van der Waals surface area contributed by atoms with Crippen LogP contribution in [0.25, 0.3) is 0 Å². The fraction of sp³-hybridized carbons (Fsp3) is 0.600. The van der Waals surface area contributed by atoms with E-state index in [4.69, 9.17) is 11.5 Å². The summed E-state index contributed by atoms with van der Waals surface area (Å²) in [6, 6.07) is 2.79. The zero-order valence-corrected chi connectivity index (χ0v) is 9.05. The van der Waals surface area contributed by atoms with Crippen LogP contribution in [-0.4, -0.2) is 28.7 Å². The van der Waals surface area contributed by atoms with Crippen LogP contribution < -0.4 is 21.9 Å². The third kappa shape index (κ3) is 1.23. The molecule has 85 valence electrons. The van der Waals surface area contributed by atoms with E-state index in [1.807, 2.05) is 0 Å². The SMILES string of the molecule is Cn1c(N2CC3C(N)C3C2)nc(N)[c]c1=O. The van der Waals surface area contributed by atoms with Crippen molar-refractivity contribution in [2.75, 3.05) is 23.7 Å². The average molecular weight is 220 g/mol. The van der Waals surface area contributed by atoms with Gasteiger partial charge in [0, 0.05) is 26.2 Å². The van der Waals surface area contributed by atoms with Crippen molar-refractivity contribution in [2.45, 2.75) is 6.04 Å². The van der Waals surface area contributed by atoms with Gasteiger partial charge in [0.05, 0.1) is 6.07 Å². The fourth-order valence-corrected chi connectivity index (χ4v) is 2.51. The molecule has 2 atom stereocenters. The fourth-order valence-electron chi connectivity index (χ4n) is 2.51. The second kappa shape index (κ2) is 2.98. The first kappa shape index (κ1) is 9.65. The van der Waals surface area contributed by atoms with Crippen LogP contribution >= 0.6 is 0 Å². The summed E-state index contributed by atoms with van der Waals surface area (Å²) in [6.07, 6.45) is 0. The summed E-state index contributed by atoms with van der Waals surface area (Å²) in [4.78, 5) is 17.8. The molecule has 1 aromatic rings. The monoisotopic (exact) mass is 220 g/mol. The third-order valence-electron chi connectivity index (χ3n) is 3.60. The Hall–Kier alpha value is -1.56. The molecule has 2 heterocycles. The van der Waals surface area contributed by atoms with Crippen molar-refractivity contribution in [3.63, 3.8) is 0 Å². The van der Waals surface area contributed by atoms with Gasteiger partial charge in [0.1, 0.15) is 5.82 Å². The van der Waals surface area contributed by atoms with Gasteiger partial charge in [0.25, 0.3) is 5.56 Å². The quantitative estimate of drug-likeness (QED) is 0.604. The van der Waals surface area contributed by atoms with E-state index in [9.17, 15) is 4.79 Å². The minimum absolute atomic E-state index is 0.156. The summed E-state index contributed by atoms with van der Waals surface area (Å²) < 4.78 is 1.48. The van der Waals surface area contributed by atoms with Gasteiger partial charge in [0.15, 0.2) is 0 Å². The Kier molecular flexibility index (Phi) is 1.79. The number of hydrogen-bond donors (Lipinski definition) is 2. The average Bonchev–Trinajstić information content (AvgIpc) is 2.68. The van der Waals surface area contributed by atoms with Crippen LogP contribution in [-0.2, 0) is 7.05 Å². The Morgan fingerprint density at radius 1 is 1.44 bits per heavy atom. The van der Waals surface area contributed by atoms with Crippen molar-refractivity contribution >= 4 is 11.8 Å². The molecule has 1 aliphatic carbocycles. The van der Waals surface area contributed by atoms with Crippen molar-refractivity contribution < 1.29 is 0 Å². The van der Waals surface area contributed by atoms with Crippen molar-refractivity contribution in [1.29, 1.82) is 0 Å². The van der Waals surface area contributed by atoms with E-state index in [0.29, 0.717) is 23.8 Å². The Balaban J connectivity index is 1.93. The van der Waals surface area contributed by atoms with E-state index >= 15 is 0 Å². The van der Waals surface area contributed by atoms with Gasteiger partial charge in [-0.25, -0.2) is 0 Å². The highest BCUT2D eigenvalue weighted by atomic mass is 16.1. The lowest BCUT2D eigenvalue weighted by atomic mass is 10.4. The summed E-state index contributed by atoms with van der Waals surface area (Å²) >= 11 is 0. The summed E-state index contributed by atoms with van der Waals surface area (Å²) in [5, 5.41) is 0. The number of nitrogens with two attached hydrogens (primary N) is 2. The summed E-state index contributed by atoms with van der Waals surface area (Å²) in [6.45, 7) is 1.74. The zero-order valence-electron chi connectivity index (χ0n) is 9.05. The van der Waals surface area contributed by atoms with Gasteiger partial charge >= 0.3 is 0 Å². The molecule has 0 amide bonds. The summed E-state index contributed by atoms with van der Waals surface area (Å²) in [5.41, 5.74) is 11.2. The van der Waals surface area contributed by atoms with Gasteiger partial charge in [-0.2, -0.15) is 4.98 Å². The van der Waals surface area contributed by atoms with Gasteiger partial charge in [0.2, 0.25) is 5.95 Å². The largest absolute Gasteiger partial charge is 0.383 e. The van der Waals surface area contributed by atoms with Crippen LogP contribution in [0.5, 0.6) is 0 Å². The maximum Gasteiger partial charge on any atom is 0.265 e. The predicted octanol–water partition coefficient (Wildman–Crippen LogP) is -1.44. The second-order valence-corrected chi connectivity index (χ2v) is 4.60. The first-order chi connectivity index (χ1) is 7.58. The van der Waals surface area contributed by atoms with Crippen molar-refractivity contribution in [1.82, 2.24) is 9.55 Å². The normalized spacial score (nSPS) is 31.6. The molecule has 3 rings (SSSR count). The highest BCUT2D eigenvalue weighted by Crippen LogP contribution is 2.44. The number of piperidine rings is 1. The highest BCUT2D eigenvalue weighted by molar-refractivity contribution is 5.41. The molecule has 1 radical (unpaired) electrons. The van der Waals surface area contributed by atoms with Gasteiger partial charge in [-0.05, 0) is 11.8 Å². The predicted molar refractivity (Wildman–Crippen MR) is 59.9 cm³/mol. The molecule has 0 bridgehead atoms. The molecule has 2 unspecified atom stereocenters. The smallest absolute Gasteiger partial charge is 0.265 e. The van der Waals surface area contributed by atoms with Gasteiger partial charge in [-0.3, -0.25) is 9.36 Å². The molecule has 1 saturated carbocycles. The molecule has 2 fully saturated rings. The van der Waals surface area contributed by atoms with Crippen molar-refractivity contribution in [3.05, 3.63) is 16.4 Å². The topological polar surface area (TPSA) is 90.2 Å². The number of fused-ring (bicyclic) bond motifs is 1. The van der Waals surface area contributed by atoms with E-state index in [-0.39, 0.29) is 11.4 Å². The number of nitrogens with zero attached hydrogens (tertiary/aromatic N) is 3. The number of nitrogen functional groups attached to an aromatic ring is 1. The lowest BCUT2D eigenvalue weighted by Crippen LogP contribution is -2.34. The van der Waals surface area contributed by atoms with E-state index < -0.39 is 0 Å². The maximum atomic E-state index is 11.5. The highest BCUT2D eigenvalue weighted by Gasteiger charge is 2.54. The first-order valence-electron chi connectivity index (χ1n) is 5.34. The minimum Gasteiger partial charge on any atom is -0.383 e. The minimum atomic E-state index is -0.243. The number of rotatable bonds is 1. The van der Waals surface area contributed by atoms with Gasteiger partial charge < -0.3 is 16.4 Å². The van der Waals surface area contributed by atoms with Crippen LogP contribution in [0.15, 0.2) is 4.79 Å². The molecule has 0 spiro atoms. The Labute approximate surface area is 92.9 Å². The van der Waals surface area contributed by atoms with Crippen LogP contribution in [0.1, 0.15) is 0 Å². The van der Waals surface area contributed by atoms with Crippen LogP contribution in [0.2, 0.25) is 0 Å². The van der Waals surface area contributed by atoms with E-state index in [1.165, 1.54) is 4.57 Å². The molecule has 1 aliphatic heterocycles. The van der Waals surface area contributed by atoms with Gasteiger partial charge in [-0.15, -0.1) is 0 Å². The van der Waals surface area contributed by atoms with E-state index in [2.05, 4.69) is 16.0 Å². The van der Waals surface area contributed by atoms with Crippen LogP contribution in [0.4, 0.5) is 11.8 Å². The summed E-state index contributed by atoms with van der Waals surface area (Å²) in [7, 11) is 1.68. The van der Waals surface area contributed by atoms with Crippen LogP contribution in [0.3, 0.4) is 0 Å². The van der Waals surface area contributed by atoms with Crippen molar-refractivity contribution in [3.8, 4) is 0 Å². The molecule has 2 aliphatic rings. The number of hydrogen-bond acceptors (Lipinski definition) is 5. The van der Waals surface area contributed by atoms with E-state index in [0.717, 1.165) is 13.1 Å². The first-order valence-corrected chi connectivity index (χ1v) is 5.34. The maximum absolute atomic E-state index is 11.5. The molecule has 6 nitrogen and oxygen atoms in total. The molecule has 6 heteroatoms.